The Balaban J connectivity index is 1.91. The van der Waals surface area contributed by atoms with Crippen LogP contribution in [0.4, 0.5) is 5.95 Å². The summed E-state index contributed by atoms with van der Waals surface area (Å²) in [6, 6.07) is 5.15. The Labute approximate surface area is 170 Å². The van der Waals surface area contributed by atoms with Gasteiger partial charge < -0.3 is 14.6 Å². The van der Waals surface area contributed by atoms with E-state index < -0.39 is 9.84 Å². The Morgan fingerprint density at radius 3 is 2.62 bits per heavy atom. The highest BCUT2D eigenvalue weighted by Gasteiger charge is 2.34. The molecule has 1 aliphatic rings. The second-order valence-electron chi connectivity index (χ2n) is 7.88. The summed E-state index contributed by atoms with van der Waals surface area (Å²) in [5, 5.41) is 9.68. The molecule has 0 saturated heterocycles. The van der Waals surface area contributed by atoms with Gasteiger partial charge in [0.05, 0.1) is 28.6 Å². The number of aliphatic hydroxyl groups excluding tert-OH is 1. The first-order chi connectivity index (χ1) is 13.7. The van der Waals surface area contributed by atoms with E-state index in [0.29, 0.717) is 30.1 Å². The molecular formula is C20H25N5O3S. The van der Waals surface area contributed by atoms with E-state index in [1.165, 1.54) is 0 Å². The van der Waals surface area contributed by atoms with Crippen molar-refractivity contribution >= 4 is 26.8 Å². The Hall–Kier alpha value is -2.52. The highest BCUT2D eigenvalue weighted by Crippen LogP contribution is 2.37. The summed E-state index contributed by atoms with van der Waals surface area (Å²) in [6.07, 6.45) is 2.92. The third-order valence-electron chi connectivity index (χ3n) is 5.37. The van der Waals surface area contributed by atoms with Gasteiger partial charge in [0.15, 0.2) is 9.84 Å². The van der Waals surface area contributed by atoms with Crippen LogP contribution in [0.25, 0.3) is 11.0 Å². The second kappa shape index (κ2) is 7.07. The van der Waals surface area contributed by atoms with E-state index in [0.717, 1.165) is 23.3 Å². The molecule has 0 saturated carbocycles. The van der Waals surface area contributed by atoms with E-state index in [2.05, 4.69) is 33.3 Å². The van der Waals surface area contributed by atoms with Crippen molar-refractivity contribution in [3.8, 4) is 0 Å². The number of rotatable bonds is 4. The summed E-state index contributed by atoms with van der Waals surface area (Å²) in [7, 11) is -3.46. The lowest BCUT2D eigenvalue weighted by molar-refractivity contribution is 0.278. The fraction of sp³-hybridized carbons (Fsp3) is 0.450. The highest BCUT2D eigenvalue weighted by molar-refractivity contribution is 7.90. The molecule has 1 aliphatic heterocycles. The molecule has 4 rings (SSSR count). The maximum Gasteiger partial charge on any atom is 0.226 e. The number of aromatic nitrogens is 4. The number of nitrogens with zero attached hydrogens (tertiary/aromatic N) is 5. The molecular weight excluding hydrogens is 390 g/mol. The number of hydrogen-bond donors (Lipinski definition) is 1. The molecule has 0 bridgehead atoms. The summed E-state index contributed by atoms with van der Waals surface area (Å²) in [5.41, 5.74) is 2.74. The molecule has 29 heavy (non-hydrogen) atoms. The van der Waals surface area contributed by atoms with Crippen LogP contribution in [-0.4, -0.2) is 45.8 Å². The SMILES string of the molecule is Cc1ccnc(N2CCn3c(nc4cc(CO)c(S(C)(=O)=O)cc43)C2C(C)C)n1. The molecule has 0 radical (unpaired) electrons. The lowest BCUT2D eigenvalue weighted by Crippen LogP contribution is -2.41. The maximum absolute atomic E-state index is 12.2. The van der Waals surface area contributed by atoms with Crippen LogP contribution >= 0.6 is 0 Å². The summed E-state index contributed by atoms with van der Waals surface area (Å²) in [6.45, 7) is 7.19. The standard InChI is InChI=1S/C20H25N5O3S/c1-12(2)18-19-23-15-9-14(11-26)17(29(4,27)28)10-16(15)24(19)7-8-25(18)20-21-6-5-13(3)22-20/h5-6,9-10,12,18,26H,7-8,11H2,1-4H3. The van der Waals surface area contributed by atoms with Crippen LogP contribution in [0.1, 0.15) is 37.0 Å². The van der Waals surface area contributed by atoms with Gasteiger partial charge in [0.1, 0.15) is 5.82 Å². The number of sulfone groups is 1. The minimum Gasteiger partial charge on any atom is -0.392 e. The zero-order chi connectivity index (χ0) is 20.9. The molecule has 3 aromatic rings. The average molecular weight is 416 g/mol. The van der Waals surface area contributed by atoms with Crippen LogP contribution in [0.2, 0.25) is 0 Å². The van der Waals surface area contributed by atoms with Crippen LogP contribution in [0.15, 0.2) is 29.3 Å². The van der Waals surface area contributed by atoms with Crippen molar-refractivity contribution in [2.75, 3.05) is 17.7 Å². The number of aliphatic hydroxyl groups is 1. The van der Waals surface area contributed by atoms with Crippen LogP contribution in [0.3, 0.4) is 0 Å². The minimum absolute atomic E-state index is 0.0442. The first-order valence-electron chi connectivity index (χ1n) is 9.61. The third-order valence-corrected chi connectivity index (χ3v) is 6.54. The molecule has 2 aromatic heterocycles. The van der Waals surface area contributed by atoms with Gasteiger partial charge in [-0.05, 0) is 36.6 Å². The van der Waals surface area contributed by atoms with Gasteiger partial charge >= 0.3 is 0 Å². The summed E-state index contributed by atoms with van der Waals surface area (Å²) in [4.78, 5) is 16.2. The third kappa shape index (κ3) is 3.38. The zero-order valence-electron chi connectivity index (χ0n) is 17.0. The predicted octanol–water partition coefficient (Wildman–Crippen LogP) is 2.25. The summed E-state index contributed by atoms with van der Waals surface area (Å²) < 4.78 is 26.5. The van der Waals surface area contributed by atoms with E-state index >= 15 is 0 Å². The van der Waals surface area contributed by atoms with Gasteiger partial charge in [-0.15, -0.1) is 0 Å². The number of imidazole rings is 1. The number of aryl methyl sites for hydroxylation is 1. The zero-order valence-corrected chi connectivity index (χ0v) is 17.8. The van der Waals surface area contributed by atoms with Crippen LogP contribution in [0.5, 0.6) is 0 Å². The van der Waals surface area contributed by atoms with Gasteiger partial charge in [0.2, 0.25) is 5.95 Å². The van der Waals surface area contributed by atoms with Crippen molar-refractivity contribution in [3.63, 3.8) is 0 Å². The van der Waals surface area contributed by atoms with Gasteiger partial charge in [-0.1, -0.05) is 13.8 Å². The number of fused-ring (bicyclic) bond motifs is 3. The molecule has 0 amide bonds. The molecule has 154 valence electrons. The van der Waals surface area contributed by atoms with Crippen molar-refractivity contribution in [2.24, 2.45) is 5.92 Å². The quantitative estimate of drug-likeness (QED) is 0.697. The second-order valence-corrected chi connectivity index (χ2v) is 9.86. The monoisotopic (exact) mass is 415 g/mol. The van der Waals surface area contributed by atoms with Crippen molar-refractivity contribution in [1.29, 1.82) is 0 Å². The van der Waals surface area contributed by atoms with Gasteiger partial charge in [-0.2, -0.15) is 0 Å². The first-order valence-corrected chi connectivity index (χ1v) is 11.5. The number of benzene rings is 1. The van der Waals surface area contributed by atoms with E-state index in [1.54, 1.807) is 18.3 Å². The van der Waals surface area contributed by atoms with E-state index in [9.17, 15) is 13.5 Å². The average Bonchev–Trinajstić information content (AvgIpc) is 3.02. The van der Waals surface area contributed by atoms with Crippen molar-refractivity contribution < 1.29 is 13.5 Å². The lowest BCUT2D eigenvalue weighted by atomic mass is 10.00. The van der Waals surface area contributed by atoms with Gasteiger partial charge in [-0.3, -0.25) is 0 Å². The molecule has 8 nitrogen and oxygen atoms in total. The molecule has 0 aliphatic carbocycles. The van der Waals surface area contributed by atoms with E-state index in [4.69, 9.17) is 4.98 Å². The van der Waals surface area contributed by atoms with E-state index in [-0.39, 0.29) is 23.5 Å². The van der Waals surface area contributed by atoms with Gasteiger partial charge in [0, 0.05) is 31.2 Å². The largest absolute Gasteiger partial charge is 0.392 e. The Morgan fingerprint density at radius 2 is 2.00 bits per heavy atom. The summed E-state index contributed by atoms with van der Waals surface area (Å²) >= 11 is 0. The topological polar surface area (TPSA) is 101 Å². The van der Waals surface area contributed by atoms with Crippen molar-refractivity contribution in [3.05, 3.63) is 41.5 Å². The molecule has 0 fully saturated rings. The Bertz CT molecular complexity index is 1190. The number of anilines is 1. The van der Waals surface area contributed by atoms with Crippen LogP contribution < -0.4 is 4.90 Å². The molecule has 0 spiro atoms. The molecule has 1 unspecified atom stereocenters. The normalized spacial score (nSPS) is 17.2. The van der Waals surface area contributed by atoms with E-state index in [1.807, 2.05) is 13.0 Å². The van der Waals surface area contributed by atoms with Crippen LogP contribution in [-0.2, 0) is 23.0 Å². The van der Waals surface area contributed by atoms with Crippen molar-refractivity contribution in [2.45, 2.75) is 44.9 Å². The molecule has 1 N–H and O–H groups in total. The Morgan fingerprint density at radius 1 is 1.24 bits per heavy atom. The molecule has 3 heterocycles. The predicted molar refractivity (Wildman–Crippen MR) is 110 cm³/mol. The fourth-order valence-corrected chi connectivity index (χ4v) is 5.01. The van der Waals surface area contributed by atoms with Gasteiger partial charge in [-0.25, -0.2) is 23.4 Å². The molecule has 9 heteroatoms. The molecule has 1 aromatic carbocycles. The smallest absolute Gasteiger partial charge is 0.226 e. The van der Waals surface area contributed by atoms with Gasteiger partial charge in [0.25, 0.3) is 0 Å². The van der Waals surface area contributed by atoms with Crippen LogP contribution in [0, 0.1) is 12.8 Å². The number of hydrogen-bond acceptors (Lipinski definition) is 7. The van der Waals surface area contributed by atoms with Crippen molar-refractivity contribution in [1.82, 2.24) is 19.5 Å². The summed E-state index contributed by atoms with van der Waals surface area (Å²) in [5.74, 6) is 1.78. The Kier molecular flexibility index (Phi) is 4.82. The first kappa shape index (κ1) is 19.8. The molecule has 1 atom stereocenters. The maximum atomic E-state index is 12.2. The highest BCUT2D eigenvalue weighted by atomic mass is 32.2. The lowest BCUT2D eigenvalue weighted by Gasteiger charge is -2.38. The minimum atomic E-state index is -3.46. The fourth-order valence-electron chi connectivity index (χ4n) is 4.09.